The summed E-state index contributed by atoms with van der Waals surface area (Å²) >= 11 is 0. The van der Waals surface area contributed by atoms with E-state index in [4.69, 9.17) is 19.9 Å². The van der Waals surface area contributed by atoms with E-state index in [-0.39, 0.29) is 46.0 Å². The van der Waals surface area contributed by atoms with Crippen molar-refractivity contribution >= 4 is 12.4 Å². The normalized spacial score (nSPS) is 19.6. The highest BCUT2D eigenvalue weighted by Crippen LogP contribution is 2.32. The largest absolute Gasteiger partial charge is 0.389 e. The van der Waals surface area contributed by atoms with E-state index in [1.54, 1.807) is 0 Å². The van der Waals surface area contributed by atoms with Gasteiger partial charge in [-0.2, -0.15) is 0 Å². The standard InChI is InChI=1S/C16H25NO.2C15H23NO.C11H15N.C8H17NO.C4H9N.ClH/c1-5-16(4)13-17(12-15(2,3)18-16)11-14-9-7-6-8-10-14;1-14(2)11-16(12-15(3,4)17-14)10-13-8-6-5-7-9-13;1-13(2)10-16(12-15(3,4)17)11-14-8-6-5-7-9-14;1-10(2)8-12-9-11-6-4-3-5-7-11;1-7(2)5-9-6-8(3,4)10-7;1-4(2)3-5;/h6-10H,5,11-13H2,1-4H3;5-9H,10-12H2,1-4H3;5-9,17H,1,10-12H2,2-4H3;3-7,12H,1,8-9H2,2H3;9H,5-6H2,1-4H3;1,3,5H2,2H3;1H. The summed E-state index contributed by atoms with van der Waals surface area (Å²) in [6.45, 7) is 59.6. The molecule has 0 spiro atoms. The topological polar surface area (TPSA) is 108 Å². The fraction of sp³-hybridized carbons (Fsp3) is 0.565. The molecule has 450 valence electrons. The number of hydrogen-bond donors (Lipinski definition) is 4. The zero-order chi connectivity index (χ0) is 59.6. The van der Waals surface area contributed by atoms with Crippen LogP contribution < -0.4 is 16.4 Å². The van der Waals surface area contributed by atoms with Gasteiger partial charge in [0.2, 0.25) is 0 Å². The second kappa shape index (κ2) is 35.2. The Balaban J connectivity index is 0.000000494. The smallest absolute Gasteiger partial charge is 0.0786 e. The van der Waals surface area contributed by atoms with Gasteiger partial charge < -0.3 is 35.7 Å². The van der Waals surface area contributed by atoms with Crippen molar-refractivity contribution in [3.05, 3.63) is 180 Å². The minimum atomic E-state index is -0.676. The second-order valence-electron chi connectivity index (χ2n) is 26.4. The van der Waals surface area contributed by atoms with Gasteiger partial charge in [0.05, 0.1) is 39.2 Å². The number of benzene rings is 4. The van der Waals surface area contributed by atoms with Crippen LogP contribution in [0.5, 0.6) is 0 Å². The molecule has 0 bridgehead atoms. The van der Waals surface area contributed by atoms with Crippen molar-refractivity contribution in [2.24, 2.45) is 5.73 Å². The minimum Gasteiger partial charge on any atom is -0.389 e. The Morgan fingerprint density at radius 3 is 1.27 bits per heavy atom. The van der Waals surface area contributed by atoms with Crippen LogP contribution in [0.4, 0.5) is 0 Å². The molecule has 80 heavy (non-hydrogen) atoms. The van der Waals surface area contributed by atoms with Gasteiger partial charge in [-0.25, -0.2) is 0 Å². The molecule has 0 aromatic heterocycles. The zero-order valence-electron chi connectivity index (χ0n) is 53.3. The zero-order valence-corrected chi connectivity index (χ0v) is 54.1. The van der Waals surface area contributed by atoms with Crippen molar-refractivity contribution in [2.75, 3.05) is 65.4 Å². The third-order valence-corrected chi connectivity index (χ3v) is 12.6. The molecule has 4 aromatic rings. The van der Waals surface area contributed by atoms with Crippen LogP contribution in [0.2, 0.25) is 0 Å². The molecule has 1 atom stereocenters. The lowest BCUT2D eigenvalue weighted by atomic mass is 9.94. The average molecular weight is 1130 g/mol. The molecule has 7 rings (SSSR count). The van der Waals surface area contributed by atoms with Gasteiger partial charge in [-0.05, 0) is 139 Å². The molecule has 0 amide bonds. The maximum Gasteiger partial charge on any atom is 0.0786 e. The molecule has 3 aliphatic rings. The first-order valence-corrected chi connectivity index (χ1v) is 28.8. The van der Waals surface area contributed by atoms with Crippen LogP contribution in [0.1, 0.15) is 146 Å². The predicted molar refractivity (Wildman–Crippen MR) is 346 cm³/mol. The van der Waals surface area contributed by atoms with E-state index in [0.717, 1.165) is 96.1 Å². The SMILES string of the molecule is C=C(C)CN.C=C(C)CN(Cc1ccccc1)CC(C)(C)O.C=C(C)CNCc1ccccc1.CC1(C)CN(Cc2ccccc2)CC(C)(C)O1.CC1(C)CNCC(C)(C)O1.CCC1(C)CN(Cc2ccccc2)CC(C)(C)O1.Cl. The van der Waals surface area contributed by atoms with Crippen LogP contribution in [0.15, 0.2) is 158 Å². The van der Waals surface area contributed by atoms with Gasteiger partial charge in [0.1, 0.15) is 0 Å². The van der Waals surface area contributed by atoms with Gasteiger partial charge in [-0.3, -0.25) is 14.7 Å². The third kappa shape index (κ3) is 35.1. The number of nitrogens with zero attached hydrogens (tertiary/aromatic N) is 3. The highest BCUT2D eigenvalue weighted by atomic mass is 35.5. The molecule has 0 radical (unpaired) electrons. The maximum atomic E-state index is 9.91. The monoisotopic (exact) mass is 1120 g/mol. The number of aliphatic hydroxyl groups is 1. The molecule has 3 saturated heterocycles. The number of halogens is 1. The fourth-order valence-corrected chi connectivity index (χ4v) is 10.3. The van der Waals surface area contributed by atoms with Gasteiger partial charge in [0.25, 0.3) is 0 Å². The van der Waals surface area contributed by atoms with E-state index in [1.807, 2.05) is 58.9 Å². The van der Waals surface area contributed by atoms with Crippen LogP contribution in [0.25, 0.3) is 0 Å². The second-order valence-corrected chi connectivity index (χ2v) is 26.4. The van der Waals surface area contributed by atoms with Crippen LogP contribution in [-0.4, -0.2) is 124 Å². The molecule has 5 N–H and O–H groups in total. The summed E-state index contributed by atoms with van der Waals surface area (Å²) < 4.78 is 18.1. The molecule has 0 aliphatic carbocycles. The van der Waals surface area contributed by atoms with Crippen LogP contribution in [-0.2, 0) is 40.4 Å². The number of hydrogen-bond acceptors (Lipinski definition) is 10. The summed E-state index contributed by atoms with van der Waals surface area (Å²) in [5.41, 5.74) is 12.9. The van der Waals surface area contributed by atoms with Gasteiger partial charge in [-0.15, -0.1) is 12.4 Å². The van der Waals surface area contributed by atoms with E-state index in [2.05, 4.69) is 225 Å². The summed E-state index contributed by atoms with van der Waals surface area (Å²) in [5.74, 6) is 0. The molecule has 3 fully saturated rings. The van der Waals surface area contributed by atoms with Crippen molar-refractivity contribution in [1.82, 2.24) is 25.3 Å². The Morgan fingerprint density at radius 1 is 0.575 bits per heavy atom. The number of morpholine rings is 3. The summed E-state index contributed by atoms with van der Waals surface area (Å²) in [4.78, 5) is 7.22. The van der Waals surface area contributed by atoms with Crippen LogP contribution in [0, 0.1) is 0 Å². The lowest BCUT2D eigenvalue weighted by Crippen LogP contribution is -2.57. The number of nitrogens with two attached hydrogens (primary N) is 1. The molecule has 1 unspecified atom stereocenters. The Hall–Kier alpha value is -4.01. The summed E-state index contributed by atoms with van der Waals surface area (Å²) in [6.07, 6.45) is 1.06. The third-order valence-electron chi connectivity index (χ3n) is 12.6. The highest BCUT2D eigenvalue weighted by Gasteiger charge is 2.40. The van der Waals surface area contributed by atoms with Crippen molar-refractivity contribution in [3.63, 3.8) is 0 Å². The van der Waals surface area contributed by atoms with E-state index in [1.165, 1.54) is 27.8 Å². The van der Waals surface area contributed by atoms with Crippen molar-refractivity contribution < 1.29 is 19.3 Å². The summed E-state index contributed by atoms with van der Waals surface area (Å²) in [7, 11) is 0. The first-order chi connectivity index (χ1) is 36.6. The quantitative estimate of drug-likeness (QED) is 0.0810. The lowest BCUT2D eigenvalue weighted by Gasteiger charge is -2.48. The first-order valence-electron chi connectivity index (χ1n) is 28.8. The minimum absolute atomic E-state index is 0. The highest BCUT2D eigenvalue weighted by molar-refractivity contribution is 5.85. The van der Waals surface area contributed by atoms with E-state index < -0.39 is 5.60 Å². The van der Waals surface area contributed by atoms with Crippen molar-refractivity contribution in [2.45, 2.75) is 190 Å². The Morgan fingerprint density at radius 2 is 0.938 bits per heavy atom. The average Bonchev–Trinajstić information content (AvgIpc) is 3.31. The molecule has 11 heteroatoms. The molecule has 3 heterocycles. The maximum absolute atomic E-state index is 9.91. The lowest BCUT2D eigenvalue weighted by molar-refractivity contribution is -0.191. The molecular weight excluding hydrogens is 1010 g/mol. The molecular formula is C69H113ClN6O4. The number of nitrogens with one attached hydrogen (secondary N) is 2. The Kier molecular flexibility index (Phi) is 32.6. The van der Waals surface area contributed by atoms with Gasteiger partial charge in [0, 0.05) is 91.6 Å². The van der Waals surface area contributed by atoms with E-state index in [0.29, 0.717) is 13.1 Å². The number of ether oxygens (including phenoxy) is 3. The molecule has 4 aromatic carbocycles. The molecule has 3 aliphatic heterocycles. The summed E-state index contributed by atoms with van der Waals surface area (Å²) in [6, 6.07) is 42.0. The van der Waals surface area contributed by atoms with Gasteiger partial charge in [0.15, 0.2) is 0 Å². The van der Waals surface area contributed by atoms with E-state index >= 15 is 0 Å². The van der Waals surface area contributed by atoms with Crippen molar-refractivity contribution in [3.8, 4) is 0 Å². The molecule has 10 nitrogen and oxygen atoms in total. The van der Waals surface area contributed by atoms with Gasteiger partial charge in [-0.1, -0.05) is 165 Å². The van der Waals surface area contributed by atoms with Crippen LogP contribution >= 0.6 is 12.4 Å². The molecule has 0 saturated carbocycles. The Bertz CT molecular complexity index is 2290. The van der Waals surface area contributed by atoms with Gasteiger partial charge >= 0.3 is 0 Å². The first kappa shape index (κ1) is 74.0. The Labute approximate surface area is 495 Å². The van der Waals surface area contributed by atoms with E-state index in [9.17, 15) is 5.11 Å². The van der Waals surface area contributed by atoms with Crippen LogP contribution in [0.3, 0.4) is 0 Å². The van der Waals surface area contributed by atoms with Crippen molar-refractivity contribution in [1.29, 1.82) is 0 Å². The predicted octanol–water partition coefficient (Wildman–Crippen LogP) is 13.8. The summed E-state index contributed by atoms with van der Waals surface area (Å²) in [5, 5.41) is 16.5. The number of rotatable bonds is 16. The fourth-order valence-electron chi connectivity index (χ4n) is 10.3.